The monoisotopic (exact) mass is 354 g/mol. The van der Waals surface area contributed by atoms with Gasteiger partial charge in [-0.3, -0.25) is 4.79 Å². The normalized spacial score (nSPS) is 10.3. The van der Waals surface area contributed by atoms with Gasteiger partial charge >= 0.3 is 5.97 Å². The molecule has 0 aliphatic rings. The number of amides is 1. The summed E-state index contributed by atoms with van der Waals surface area (Å²) >= 11 is 0. The zero-order chi connectivity index (χ0) is 18.9. The van der Waals surface area contributed by atoms with Crippen molar-refractivity contribution in [1.29, 1.82) is 0 Å². The molecule has 0 fully saturated rings. The van der Waals surface area contributed by atoms with E-state index < -0.39 is 5.97 Å². The van der Waals surface area contributed by atoms with E-state index in [2.05, 4.69) is 10.6 Å². The van der Waals surface area contributed by atoms with E-state index in [9.17, 15) is 9.59 Å². The molecule has 0 saturated heterocycles. The number of hydrogen-bond donors (Lipinski definition) is 2. The molecule has 1 amide bonds. The van der Waals surface area contributed by atoms with Crippen LogP contribution in [0.3, 0.4) is 0 Å². The Labute approximate surface area is 154 Å². The lowest BCUT2D eigenvalue weighted by molar-refractivity contribution is -0.124. The van der Waals surface area contributed by atoms with Crippen LogP contribution in [0, 0.1) is 13.8 Å². The number of benzene rings is 2. The molecule has 2 N–H and O–H groups in total. The van der Waals surface area contributed by atoms with E-state index >= 15 is 0 Å². The summed E-state index contributed by atoms with van der Waals surface area (Å²) in [6.45, 7) is 6.43. The van der Waals surface area contributed by atoms with Crippen LogP contribution in [-0.2, 0) is 9.53 Å². The number of unbranched alkanes of at least 4 members (excludes halogenated alkanes) is 1. The minimum absolute atomic E-state index is 0.277. The van der Waals surface area contributed by atoms with Crippen LogP contribution >= 0.6 is 0 Å². The molecule has 26 heavy (non-hydrogen) atoms. The van der Waals surface area contributed by atoms with Gasteiger partial charge in [-0.15, -0.1) is 0 Å². The maximum atomic E-state index is 12.4. The van der Waals surface area contributed by atoms with Crippen molar-refractivity contribution in [2.75, 3.05) is 18.5 Å². The summed E-state index contributed by atoms with van der Waals surface area (Å²) in [7, 11) is 0. The fraction of sp³-hybridized carbons (Fsp3) is 0.333. The summed E-state index contributed by atoms with van der Waals surface area (Å²) in [4.78, 5) is 24.1. The van der Waals surface area contributed by atoms with Gasteiger partial charge in [0.05, 0.1) is 11.3 Å². The van der Waals surface area contributed by atoms with Crippen molar-refractivity contribution in [1.82, 2.24) is 5.32 Å². The third kappa shape index (κ3) is 5.34. The Morgan fingerprint density at radius 2 is 1.73 bits per heavy atom. The molecule has 0 atom stereocenters. The van der Waals surface area contributed by atoms with Gasteiger partial charge in [-0.25, -0.2) is 4.79 Å². The third-order valence-corrected chi connectivity index (χ3v) is 4.21. The molecule has 0 aliphatic heterocycles. The Bertz CT molecular complexity index is 772. The van der Waals surface area contributed by atoms with Crippen LogP contribution in [0.1, 0.15) is 41.3 Å². The number of nitrogens with one attached hydrogen (secondary N) is 2. The molecule has 5 nitrogen and oxygen atoms in total. The minimum atomic E-state index is -0.524. The Morgan fingerprint density at radius 3 is 2.50 bits per heavy atom. The predicted octanol–water partition coefficient (Wildman–Crippen LogP) is 4.12. The van der Waals surface area contributed by atoms with Gasteiger partial charge in [0.15, 0.2) is 6.61 Å². The fourth-order valence-electron chi connectivity index (χ4n) is 2.47. The first-order valence-electron chi connectivity index (χ1n) is 8.89. The van der Waals surface area contributed by atoms with Crippen molar-refractivity contribution in [2.45, 2.75) is 33.6 Å². The molecule has 2 aromatic rings. The van der Waals surface area contributed by atoms with Crippen LogP contribution in [0.4, 0.5) is 11.4 Å². The van der Waals surface area contributed by atoms with Crippen molar-refractivity contribution in [3.05, 3.63) is 59.2 Å². The molecule has 0 aromatic heterocycles. The molecule has 5 heteroatoms. The van der Waals surface area contributed by atoms with Crippen molar-refractivity contribution in [3.8, 4) is 0 Å². The average molecular weight is 354 g/mol. The highest BCUT2D eigenvalue weighted by Crippen LogP contribution is 2.25. The van der Waals surface area contributed by atoms with Crippen molar-refractivity contribution in [3.63, 3.8) is 0 Å². The predicted molar refractivity (Wildman–Crippen MR) is 104 cm³/mol. The lowest BCUT2D eigenvalue weighted by Gasteiger charge is -2.14. The fourth-order valence-corrected chi connectivity index (χ4v) is 2.47. The van der Waals surface area contributed by atoms with Crippen LogP contribution in [0.2, 0.25) is 0 Å². The van der Waals surface area contributed by atoms with E-state index in [1.807, 2.05) is 51.1 Å². The number of carbonyl (C=O) groups is 2. The Kier molecular flexibility index (Phi) is 7.21. The summed E-state index contributed by atoms with van der Waals surface area (Å²) in [5.74, 6) is -0.809. The van der Waals surface area contributed by atoms with Gasteiger partial charge in [0.25, 0.3) is 5.91 Å². The first-order valence-corrected chi connectivity index (χ1v) is 8.89. The summed E-state index contributed by atoms with van der Waals surface area (Å²) < 4.78 is 5.16. The zero-order valence-corrected chi connectivity index (χ0v) is 15.6. The minimum Gasteiger partial charge on any atom is -0.452 e. The van der Waals surface area contributed by atoms with Crippen LogP contribution in [0.5, 0.6) is 0 Å². The van der Waals surface area contributed by atoms with Gasteiger partial charge in [0.2, 0.25) is 0 Å². The molecular formula is C21H26N2O3. The third-order valence-electron chi connectivity index (χ3n) is 4.21. The van der Waals surface area contributed by atoms with Crippen molar-refractivity contribution in [2.24, 2.45) is 0 Å². The average Bonchev–Trinajstić information content (AvgIpc) is 2.64. The highest BCUT2D eigenvalue weighted by atomic mass is 16.5. The molecule has 138 valence electrons. The van der Waals surface area contributed by atoms with Crippen LogP contribution < -0.4 is 10.6 Å². The molecule has 2 aromatic carbocycles. The second-order valence-corrected chi connectivity index (χ2v) is 6.20. The first kappa shape index (κ1) is 19.5. The van der Waals surface area contributed by atoms with Gasteiger partial charge < -0.3 is 15.4 Å². The molecule has 2 rings (SSSR count). The van der Waals surface area contributed by atoms with Gasteiger partial charge in [-0.2, -0.15) is 0 Å². The number of rotatable bonds is 8. The first-order chi connectivity index (χ1) is 12.5. The highest BCUT2D eigenvalue weighted by Gasteiger charge is 2.15. The van der Waals surface area contributed by atoms with Crippen molar-refractivity contribution >= 4 is 23.3 Å². The van der Waals surface area contributed by atoms with Crippen LogP contribution in [-0.4, -0.2) is 25.0 Å². The summed E-state index contributed by atoms with van der Waals surface area (Å²) in [6, 6.07) is 13.1. The van der Waals surface area contributed by atoms with Gasteiger partial charge in [0.1, 0.15) is 0 Å². The maximum absolute atomic E-state index is 12.4. The smallest absolute Gasteiger partial charge is 0.340 e. The lowest BCUT2D eigenvalue weighted by Crippen LogP contribution is -2.29. The SMILES string of the molecule is CCCCNC(=O)COC(=O)c1ccccc1Nc1cccc(C)c1C. The molecule has 0 unspecified atom stereocenters. The standard InChI is InChI=1S/C21H26N2O3/c1-4-5-13-22-20(24)14-26-21(25)17-10-6-7-11-19(17)23-18-12-8-9-15(2)16(18)3/h6-12,23H,4-5,13-14H2,1-3H3,(H,22,24). The van der Waals surface area contributed by atoms with Crippen LogP contribution in [0.15, 0.2) is 42.5 Å². The quantitative estimate of drug-likeness (QED) is 0.553. The molecule has 0 aliphatic carbocycles. The highest BCUT2D eigenvalue weighted by molar-refractivity contribution is 5.97. The molecular weight excluding hydrogens is 328 g/mol. The van der Waals surface area contributed by atoms with E-state index in [4.69, 9.17) is 4.74 Å². The maximum Gasteiger partial charge on any atom is 0.340 e. The van der Waals surface area contributed by atoms with E-state index in [1.54, 1.807) is 12.1 Å². The van der Waals surface area contributed by atoms with Crippen LogP contribution in [0.25, 0.3) is 0 Å². The molecule has 0 radical (unpaired) electrons. The molecule has 0 bridgehead atoms. The van der Waals surface area contributed by atoms with E-state index in [1.165, 1.54) is 5.56 Å². The second-order valence-electron chi connectivity index (χ2n) is 6.20. The van der Waals surface area contributed by atoms with Gasteiger partial charge in [-0.05, 0) is 49.6 Å². The summed E-state index contributed by atoms with van der Waals surface area (Å²) in [5, 5.41) is 6.02. The topological polar surface area (TPSA) is 67.4 Å². The number of aryl methyl sites for hydroxylation is 1. The number of para-hydroxylation sites is 1. The lowest BCUT2D eigenvalue weighted by atomic mass is 10.1. The number of carbonyl (C=O) groups excluding carboxylic acids is 2. The Balaban J connectivity index is 2.05. The van der Waals surface area contributed by atoms with Gasteiger partial charge in [0, 0.05) is 12.2 Å². The van der Waals surface area contributed by atoms with E-state index in [-0.39, 0.29) is 12.5 Å². The van der Waals surface area contributed by atoms with Crippen molar-refractivity contribution < 1.29 is 14.3 Å². The molecule has 0 saturated carbocycles. The summed E-state index contributed by atoms with van der Waals surface area (Å²) in [6.07, 6.45) is 1.90. The Morgan fingerprint density at radius 1 is 1.00 bits per heavy atom. The Hall–Kier alpha value is -2.82. The van der Waals surface area contributed by atoms with E-state index in [0.717, 1.165) is 24.1 Å². The zero-order valence-electron chi connectivity index (χ0n) is 15.6. The van der Waals surface area contributed by atoms with Gasteiger partial charge in [-0.1, -0.05) is 37.6 Å². The number of anilines is 2. The summed E-state index contributed by atoms with van der Waals surface area (Å²) in [5.41, 5.74) is 4.26. The number of ether oxygens (including phenoxy) is 1. The second kappa shape index (κ2) is 9.61. The molecule has 0 spiro atoms. The number of esters is 1. The largest absolute Gasteiger partial charge is 0.452 e. The van der Waals surface area contributed by atoms with E-state index in [0.29, 0.717) is 17.8 Å². The number of hydrogen-bond acceptors (Lipinski definition) is 4. The molecule has 0 heterocycles.